The van der Waals surface area contributed by atoms with Gasteiger partial charge in [0.25, 0.3) is 5.91 Å². The Bertz CT molecular complexity index is 1020. The number of rotatable bonds is 11. The van der Waals surface area contributed by atoms with E-state index in [0.29, 0.717) is 41.8 Å². The Balaban J connectivity index is 1.87. The molecule has 0 bridgehead atoms. The molecule has 1 unspecified atom stereocenters. The Morgan fingerprint density at radius 2 is 2.11 bits per heavy atom. The summed E-state index contributed by atoms with van der Waals surface area (Å²) in [6.45, 7) is 6.66. The van der Waals surface area contributed by atoms with Crippen LogP contribution >= 0.6 is 0 Å². The number of halogens is 2. The molecule has 0 saturated carbocycles. The first kappa shape index (κ1) is 26.6. The molecule has 0 aromatic heterocycles. The van der Waals surface area contributed by atoms with E-state index >= 15 is 0 Å². The molecule has 1 aromatic carbocycles. The van der Waals surface area contributed by atoms with Crippen LogP contribution in [0, 0.1) is 12.8 Å². The second-order valence-electron chi connectivity index (χ2n) is 8.79. The molecule has 2 aliphatic heterocycles. The number of fused-ring (bicyclic) bond motifs is 1. The molecular formula is C24H31F2N3O6. The molecule has 1 aromatic rings. The second kappa shape index (κ2) is 11.6. The Kier molecular flexibility index (Phi) is 8.79. The molecule has 3 N–H and O–H groups in total. The summed E-state index contributed by atoms with van der Waals surface area (Å²) >= 11 is 0. The van der Waals surface area contributed by atoms with E-state index in [-0.39, 0.29) is 24.3 Å². The average Bonchev–Trinajstić information content (AvgIpc) is 3.46. The predicted octanol–water partition coefficient (Wildman–Crippen LogP) is 2.71. The number of nitrogens with one attached hydrogen (secondary N) is 2. The quantitative estimate of drug-likeness (QED) is 0.317. The summed E-state index contributed by atoms with van der Waals surface area (Å²) in [4.78, 5) is 38.2. The monoisotopic (exact) mass is 495 g/mol. The first-order chi connectivity index (χ1) is 16.6. The van der Waals surface area contributed by atoms with Crippen molar-refractivity contribution in [1.82, 2.24) is 10.2 Å². The van der Waals surface area contributed by atoms with Crippen LogP contribution in [0.4, 0.5) is 14.5 Å². The lowest BCUT2D eigenvalue weighted by Crippen LogP contribution is -2.27. The van der Waals surface area contributed by atoms with Crippen molar-refractivity contribution in [2.75, 3.05) is 38.7 Å². The Morgan fingerprint density at radius 3 is 2.71 bits per heavy atom. The lowest BCUT2D eigenvalue weighted by molar-refractivity contribution is -0.142. The van der Waals surface area contributed by atoms with Gasteiger partial charge in [-0.3, -0.25) is 14.5 Å². The standard InChI is InChI=1S/C24H31F2N3O6/c1-13(10-15(23(31)32)6-8-29-9-7-27-12-29)4-5-16-19(28-22(30)21(25)26)18-17(11-35-24(18)33)14(2)20(16)34-3/h4,15,21,27H,5-12H2,1-3H3,(H,28,30)(H,31,32)/b13-4+. The van der Waals surface area contributed by atoms with Gasteiger partial charge in [-0.25, -0.2) is 4.79 Å². The molecule has 0 radical (unpaired) electrons. The number of benzene rings is 1. The number of aliphatic carboxylic acids is 1. The number of amides is 1. The van der Waals surface area contributed by atoms with E-state index in [1.165, 1.54) is 7.11 Å². The molecule has 0 spiro atoms. The highest BCUT2D eigenvalue weighted by Crippen LogP contribution is 2.41. The fourth-order valence-corrected chi connectivity index (χ4v) is 4.51. The van der Waals surface area contributed by atoms with Crippen molar-refractivity contribution in [3.63, 3.8) is 0 Å². The molecule has 1 saturated heterocycles. The molecule has 0 aliphatic carbocycles. The molecule has 1 atom stereocenters. The highest BCUT2D eigenvalue weighted by Gasteiger charge is 2.33. The van der Waals surface area contributed by atoms with Gasteiger partial charge in [0.05, 0.1) is 24.3 Å². The number of nitrogens with zero attached hydrogens (tertiary/aromatic N) is 1. The fraction of sp³-hybridized carbons (Fsp3) is 0.542. The van der Waals surface area contributed by atoms with Crippen molar-refractivity contribution >= 4 is 23.5 Å². The number of carboxylic acids is 1. The normalized spacial score (nSPS) is 16.9. The topological polar surface area (TPSA) is 117 Å². The fourth-order valence-electron chi connectivity index (χ4n) is 4.51. The molecule has 1 fully saturated rings. The molecule has 9 nitrogen and oxygen atoms in total. The van der Waals surface area contributed by atoms with Gasteiger partial charge in [0.1, 0.15) is 12.4 Å². The van der Waals surface area contributed by atoms with Gasteiger partial charge in [-0.05, 0) is 38.7 Å². The van der Waals surface area contributed by atoms with E-state index in [1.54, 1.807) is 19.9 Å². The Morgan fingerprint density at radius 1 is 1.37 bits per heavy atom. The summed E-state index contributed by atoms with van der Waals surface area (Å²) in [5, 5.41) is 15.1. The van der Waals surface area contributed by atoms with E-state index in [4.69, 9.17) is 9.47 Å². The zero-order valence-electron chi connectivity index (χ0n) is 20.1. The minimum absolute atomic E-state index is 0.0426. The molecule has 2 heterocycles. The number of esters is 1. The van der Waals surface area contributed by atoms with E-state index in [0.717, 1.165) is 25.3 Å². The van der Waals surface area contributed by atoms with Gasteiger partial charge in [0.15, 0.2) is 0 Å². The second-order valence-corrected chi connectivity index (χ2v) is 8.79. The number of carbonyl (C=O) groups excluding carboxylic acids is 2. The summed E-state index contributed by atoms with van der Waals surface area (Å²) in [6.07, 6.45) is -0.565. The first-order valence-electron chi connectivity index (χ1n) is 11.4. The van der Waals surface area contributed by atoms with Crippen LogP contribution < -0.4 is 15.4 Å². The van der Waals surface area contributed by atoms with E-state index < -0.39 is 30.2 Å². The van der Waals surface area contributed by atoms with Crippen LogP contribution in [0.15, 0.2) is 11.6 Å². The van der Waals surface area contributed by atoms with Crippen molar-refractivity contribution in [2.24, 2.45) is 5.92 Å². The van der Waals surface area contributed by atoms with Crippen LogP contribution in [-0.2, 0) is 27.4 Å². The third-order valence-corrected chi connectivity index (χ3v) is 6.43. The van der Waals surface area contributed by atoms with Crippen LogP contribution in [0.5, 0.6) is 5.75 Å². The number of carboxylic acid groups (broad SMARTS) is 1. The Labute approximate surface area is 202 Å². The number of alkyl halides is 2. The minimum Gasteiger partial charge on any atom is -0.496 e. The van der Waals surface area contributed by atoms with Crippen LogP contribution in [0.3, 0.4) is 0 Å². The van der Waals surface area contributed by atoms with Crippen molar-refractivity contribution in [2.45, 2.75) is 46.1 Å². The van der Waals surface area contributed by atoms with E-state index in [9.17, 15) is 28.3 Å². The number of cyclic esters (lactones) is 1. The molecule has 192 valence electrons. The zero-order chi connectivity index (χ0) is 25.7. The number of ether oxygens (including phenoxy) is 2. The zero-order valence-corrected chi connectivity index (χ0v) is 20.1. The van der Waals surface area contributed by atoms with Crippen molar-refractivity contribution < 1.29 is 37.7 Å². The van der Waals surface area contributed by atoms with Crippen molar-refractivity contribution in [3.8, 4) is 5.75 Å². The summed E-state index contributed by atoms with van der Waals surface area (Å²) in [7, 11) is 1.42. The van der Waals surface area contributed by atoms with E-state index in [1.807, 2.05) is 0 Å². The maximum absolute atomic E-state index is 13.0. The highest BCUT2D eigenvalue weighted by atomic mass is 19.3. The number of carbonyl (C=O) groups is 3. The smallest absolute Gasteiger partial charge is 0.341 e. The van der Waals surface area contributed by atoms with Gasteiger partial charge in [-0.2, -0.15) is 8.78 Å². The molecule has 2 aliphatic rings. The number of methoxy groups -OCH3 is 1. The van der Waals surface area contributed by atoms with Gasteiger partial charge >= 0.3 is 18.4 Å². The van der Waals surface area contributed by atoms with Crippen LogP contribution in [0.2, 0.25) is 0 Å². The lowest BCUT2D eigenvalue weighted by Gasteiger charge is -2.20. The summed E-state index contributed by atoms with van der Waals surface area (Å²) in [5.74, 6) is -3.36. The molecule has 3 rings (SSSR count). The van der Waals surface area contributed by atoms with Gasteiger partial charge in [-0.15, -0.1) is 0 Å². The highest BCUT2D eigenvalue weighted by molar-refractivity contribution is 6.06. The first-order valence-corrected chi connectivity index (χ1v) is 11.4. The SMILES string of the molecule is COc1c(C)c2c(c(NC(=O)C(F)F)c1C/C=C(\C)CC(CCN1CCNC1)C(=O)O)C(=O)OC2. The maximum atomic E-state index is 13.0. The summed E-state index contributed by atoms with van der Waals surface area (Å²) in [6, 6.07) is 0. The summed E-state index contributed by atoms with van der Waals surface area (Å²) < 4.78 is 36.7. The number of hydrogen-bond donors (Lipinski definition) is 3. The minimum atomic E-state index is -3.28. The third-order valence-electron chi connectivity index (χ3n) is 6.43. The van der Waals surface area contributed by atoms with Gasteiger partial charge < -0.3 is 25.2 Å². The van der Waals surface area contributed by atoms with Crippen LogP contribution in [0.1, 0.15) is 46.8 Å². The molecular weight excluding hydrogens is 464 g/mol. The van der Waals surface area contributed by atoms with Crippen molar-refractivity contribution in [1.29, 1.82) is 0 Å². The van der Waals surface area contributed by atoms with Gasteiger partial charge in [0.2, 0.25) is 0 Å². The number of anilines is 1. The van der Waals surface area contributed by atoms with Gasteiger partial charge in [0, 0.05) is 37.4 Å². The molecule has 11 heteroatoms. The summed E-state index contributed by atoms with van der Waals surface area (Å²) in [5.41, 5.74) is 2.21. The largest absolute Gasteiger partial charge is 0.496 e. The van der Waals surface area contributed by atoms with E-state index in [2.05, 4.69) is 15.5 Å². The average molecular weight is 496 g/mol. The third kappa shape index (κ3) is 6.15. The lowest BCUT2D eigenvalue weighted by atomic mass is 9.92. The predicted molar refractivity (Wildman–Crippen MR) is 124 cm³/mol. The van der Waals surface area contributed by atoms with Crippen LogP contribution in [-0.4, -0.2) is 67.7 Å². The molecule has 35 heavy (non-hydrogen) atoms. The Hall–Kier alpha value is -3.05. The van der Waals surface area contributed by atoms with Crippen LogP contribution in [0.25, 0.3) is 0 Å². The number of allylic oxidation sites excluding steroid dienone is 2. The maximum Gasteiger partial charge on any atom is 0.341 e. The van der Waals surface area contributed by atoms with Gasteiger partial charge in [-0.1, -0.05) is 11.6 Å². The van der Waals surface area contributed by atoms with Crippen molar-refractivity contribution in [3.05, 3.63) is 33.9 Å². The molecule has 1 amide bonds. The number of hydrogen-bond acceptors (Lipinski definition) is 7.